The van der Waals surface area contributed by atoms with Gasteiger partial charge in [0.2, 0.25) is 5.91 Å². The smallest absolute Gasteiger partial charge is 0.234 e. The fourth-order valence-corrected chi connectivity index (χ4v) is 1.57. The molecule has 0 aromatic heterocycles. The Morgan fingerprint density at radius 3 is 3.00 bits per heavy atom. The molecule has 15 heavy (non-hydrogen) atoms. The molecule has 0 saturated heterocycles. The molecule has 0 aliphatic carbocycles. The molecule has 0 spiro atoms. The number of carbonyl (C=O) groups excluding carboxylic acids is 1. The van der Waals surface area contributed by atoms with Gasteiger partial charge in [0, 0.05) is 18.0 Å². The van der Waals surface area contributed by atoms with Gasteiger partial charge in [0.05, 0.1) is 6.04 Å². The zero-order chi connectivity index (χ0) is 11.5. The third-order valence-electron chi connectivity index (χ3n) is 1.85. The van der Waals surface area contributed by atoms with E-state index in [0.29, 0.717) is 13.1 Å². The fourth-order valence-electron chi connectivity index (χ4n) is 1.11. The van der Waals surface area contributed by atoms with Crippen molar-refractivity contribution in [2.24, 2.45) is 10.8 Å². The monoisotopic (exact) mass is 231 g/mol. The Labute approximate surface area is 93.6 Å². The number of primary amides is 1. The topological polar surface area (TPSA) is 104 Å². The van der Waals surface area contributed by atoms with Gasteiger partial charge in [-0.05, 0) is 30.4 Å². The van der Waals surface area contributed by atoms with Gasteiger partial charge in [-0.25, -0.2) is 0 Å². The molecular weight excluding hydrogens is 214 g/mol. The summed E-state index contributed by atoms with van der Waals surface area (Å²) in [5.41, 5.74) is 13.3. The molecule has 1 unspecified atom stereocenters. The summed E-state index contributed by atoms with van der Waals surface area (Å²) in [5, 5.41) is 6.33. The molecule has 0 fully saturated rings. The normalized spacial score (nSPS) is 11.8. The number of nitrogens with two attached hydrogens (primary N) is 1. The molecule has 3 N–H and O–H groups in total. The lowest BCUT2D eigenvalue weighted by Gasteiger charge is -2.13. The van der Waals surface area contributed by atoms with Gasteiger partial charge < -0.3 is 11.1 Å². The van der Waals surface area contributed by atoms with E-state index in [0.717, 1.165) is 18.6 Å². The molecule has 1 amide bonds. The predicted octanol–water partition coefficient (Wildman–Crippen LogP) is 0.883. The molecule has 0 rings (SSSR count). The standard InChI is InChI=1S/C8H17N5OS/c1-15-6-2-3-7(8(9)14)11-4-5-12-13-10/h7,11H,2-6H2,1H3,(H2,9,14). The number of thioether (sulfide) groups is 1. The van der Waals surface area contributed by atoms with Crippen LogP contribution in [0.3, 0.4) is 0 Å². The highest BCUT2D eigenvalue weighted by molar-refractivity contribution is 7.98. The summed E-state index contributed by atoms with van der Waals surface area (Å²) in [5.74, 6) is 0.666. The summed E-state index contributed by atoms with van der Waals surface area (Å²) >= 11 is 1.74. The van der Waals surface area contributed by atoms with E-state index in [1.54, 1.807) is 11.8 Å². The van der Waals surface area contributed by atoms with Crippen LogP contribution in [0.2, 0.25) is 0 Å². The molecule has 86 valence electrons. The highest BCUT2D eigenvalue weighted by atomic mass is 32.2. The molecule has 0 aliphatic rings. The van der Waals surface area contributed by atoms with E-state index < -0.39 is 0 Å². The van der Waals surface area contributed by atoms with E-state index >= 15 is 0 Å². The molecule has 0 aromatic rings. The van der Waals surface area contributed by atoms with Crippen LogP contribution >= 0.6 is 11.8 Å². The first-order valence-electron chi connectivity index (χ1n) is 4.75. The lowest BCUT2D eigenvalue weighted by molar-refractivity contribution is -0.120. The van der Waals surface area contributed by atoms with Gasteiger partial charge >= 0.3 is 0 Å². The van der Waals surface area contributed by atoms with Crippen molar-refractivity contribution in [3.8, 4) is 0 Å². The van der Waals surface area contributed by atoms with Crippen molar-refractivity contribution in [3.63, 3.8) is 0 Å². The van der Waals surface area contributed by atoms with E-state index in [1.165, 1.54) is 0 Å². The number of hydrogen-bond acceptors (Lipinski definition) is 4. The van der Waals surface area contributed by atoms with Crippen LogP contribution in [0.4, 0.5) is 0 Å². The van der Waals surface area contributed by atoms with E-state index in [4.69, 9.17) is 11.3 Å². The maximum Gasteiger partial charge on any atom is 0.234 e. The largest absolute Gasteiger partial charge is 0.368 e. The molecule has 0 bridgehead atoms. The first-order chi connectivity index (χ1) is 7.22. The van der Waals surface area contributed by atoms with Gasteiger partial charge in [-0.15, -0.1) is 0 Å². The lowest BCUT2D eigenvalue weighted by Crippen LogP contribution is -2.42. The molecule has 1 atom stereocenters. The first-order valence-corrected chi connectivity index (χ1v) is 6.14. The van der Waals surface area contributed by atoms with Gasteiger partial charge in [0.1, 0.15) is 0 Å². The number of nitrogens with zero attached hydrogens (tertiary/aromatic N) is 3. The molecular formula is C8H17N5OS. The number of nitrogens with one attached hydrogen (secondary N) is 1. The van der Waals surface area contributed by atoms with Crippen LogP contribution in [0, 0.1) is 0 Å². The van der Waals surface area contributed by atoms with Crippen molar-refractivity contribution in [3.05, 3.63) is 10.4 Å². The zero-order valence-electron chi connectivity index (χ0n) is 8.85. The summed E-state index contributed by atoms with van der Waals surface area (Å²) in [6, 6.07) is -0.314. The van der Waals surface area contributed by atoms with Crippen molar-refractivity contribution >= 4 is 17.7 Å². The minimum Gasteiger partial charge on any atom is -0.368 e. The van der Waals surface area contributed by atoms with Crippen LogP contribution < -0.4 is 11.1 Å². The van der Waals surface area contributed by atoms with Crippen LogP contribution in [-0.2, 0) is 4.79 Å². The summed E-state index contributed by atoms with van der Waals surface area (Å²) in [6.45, 7) is 0.819. The van der Waals surface area contributed by atoms with Gasteiger partial charge in [-0.3, -0.25) is 4.79 Å². The second kappa shape index (κ2) is 9.64. The highest BCUT2D eigenvalue weighted by Crippen LogP contribution is 2.02. The highest BCUT2D eigenvalue weighted by Gasteiger charge is 2.12. The third kappa shape index (κ3) is 8.11. The number of hydrogen-bond donors (Lipinski definition) is 2. The summed E-state index contributed by atoms with van der Waals surface area (Å²) in [7, 11) is 0. The van der Waals surface area contributed by atoms with Crippen LogP contribution in [0.15, 0.2) is 5.11 Å². The minimum atomic E-state index is -0.350. The molecule has 7 heteroatoms. The fraction of sp³-hybridized carbons (Fsp3) is 0.875. The number of azide groups is 1. The maximum absolute atomic E-state index is 11.0. The Hall–Kier alpha value is -0.910. The maximum atomic E-state index is 11.0. The van der Waals surface area contributed by atoms with Crippen LogP contribution in [0.5, 0.6) is 0 Å². The Morgan fingerprint density at radius 1 is 1.73 bits per heavy atom. The number of amides is 1. The van der Waals surface area contributed by atoms with Gasteiger partial charge in [-0.1, -0.05) is 5.11 Å². The van der Waals surface area contributed by atoms with Crippen molar-refractivity contribution in [2.45, 2.75) is 18.9 Å². The van der Waals surface area contributed by atoms with E-state index in [9.17, 15) is 4.79 Å². The molecule has 0 aromatic carbocycles. The summed E-state index contributed by atoms with van der Waals surface area (Å²) in [4.78, 5) is 13.6. The van der Waals surface area contributed by atoms with Crippen molar-refractivity contribution in [1.29, 1.82) is 0 Å². The van der Waals surface area contributed by atoms with Crippen molar-refractivity contribution < 1.29 is 4.79 Å². The Balaban J connectivity index is 3.73. The zero-order valence-corrected chi connectivity index (χ0v) is 9.66. The SMILES string of the molecule is CSCCCC(NCCN=[N+]=[N-])C(N)=O. The quantitative estimate of drug-likeness (QED) is 0.266. The average molecular weight is 231 g/mol. The summed E-state index contributed by atoms with van der Waals surface area (Å²) in [6.07, 6.45) is 3.70. The van der Waals surface area contributed by atoms with Crippen LogP contribution in [-0.4, -0.2) is 37.0 Å². The van der Waals surface area contributed by atoms with Crippen LogP contribution in [0.1, 0.15) is 12.8 Å². The van der Waals surface area contributed by atoms with Gasteiger partial charge in [-0.2, -0.15) is 11.8 Å². The Kier molecular flexibility index (Phi) is 9.05. The second-order valence-corrected chi connectivity index (χ2v) is 3.98. The van der Waals surface area contributed by atoms with Gasteiger partial charge in [0.25, 0.3) is 0 Å². The number of rotatable bonds is 9. The molecule has 0 aliphatic heterocycles. The molecule has 0 heterocycles. The Bertz CT molecular complexity index is 229. The Morgan fingerprint density at radius 2 is 2.47 bits per heavy atom. The number of carbonyl (C=O) groups is 1. The second-order valence-electron chi connectivity index (χ2n) is 3.00. The van der Waals surface area contributed by atoms with E-state index in [1.807, 2.05) is 6.26 Å². The minimum absolute atomic E-state index is 0.314. The van der Waals surface area contributed by atoms with Gasteiger partial charge in [0.15, 0.2) is 0 Å². The van der Waals surface area contributed by atoms with Crippen LogP contribution in [0.25, 0.3) is 10.4 Å². The summed E-state index contributed by atoms with van der Waals surface area (Å²) < 4.78 is 0. The first kappa shape index (κ1) is 14.1. The van der Waals surface area contributed by atoms with Crippen molar-refractivity contribution in [1.82, 2.24) is 5.32 Å². The average Bonchev–Trinajstić information content (AvgIpc) is 2.21. The molecule has 0 radical (unpaired) electrons. The van der Waals surface area contributed by atoms with Crippen molar-refractivity contribution in [2.75, 3.05) is 25.1 Å². The third-order valence-corrected chi connectivity index (χ3v) is 2.55. The van der Waals surface area contributed by atoms with E-state index in [2.05, 4.69) is 15.3 Å². The molecule has 6 nitrogen and oxygen atoms in total. The molecule has 0 saturated carbocycles. The van der Waals surface area contributed by atoms with E-state index in [-0.39, 0.29) is 11.9 Å². The lowest BCUT2D eigenvalue weighted by atomic mass is 10.1. The predicted molar refractivity (Wildman–Crippen MR) is 62.6 cm³/mol.